The highest BCUT2D eigenvalue weighted by atomic mass is 79.9. The smallest absolute Gasteiger partial charge is 0.262 e. The molecule has 0 bridgehead atoms. The molecule has 0 aliphatic carbocycles. The molecular formula is C35H37BrN6O4S. The van der Waals surface area contributed by atoms with Gasteiger partial charge in [0.15, 0.2) is 9.56 Å². The third kappa shape index (κ3) is 6.64. The summed E-state index contributed by atoms with van der Waals surface area (Å²) in [6.45, 7) is 3.48. The Morgan fingerprint density at radius 2 is 1.83 bits per heavy atom. The Morgan fingerprint density at radius 1 is 1.06 bits per heavy atom. The van der Waals surface area contributed by atoms with Crippen LogP contribution in [0.3, 0.4) is 0 Å². The van der Waals surface area contributed by atoms with Crippen LogP contribution >= 0.6 is 27.3 Å². The Balaban J connectivity index is 1.02. The highest BCUT2D eigenvalue weighted by Gasteiger charge is 2.41. The second-order valence-electron chi connectivity index (χ2n) is 12.6. The molecule has 2 atom stereocenters. The summed E-state index contributed by atoms with van der Waals surface area (Å²) in [5.74, 6) is 0.855. The van der Waals surface area contributed by atoms with Crippen LogP contribution in [-0.2, 0) is 17.9 Å². The average Bonchev–Trinajstić information content (AvgIpc) is 3.72. The zero-order chi connectivity index (χ0) is 32.5. The van der Waals surface area contributed by atoms with E-state index in [0.717, 1.165) is 41.4 Å². The number of ether oxygens (including phenoxy) is 1. The summed E-state index contributed by atoms with van der Waals surface area (Å²) in [6.07, 6.45) is 6.82. The molecule has 1 amide bonds. The summed E-state index contributed by atoms with van der Waals surface area (Å²) < 4.78 is 9.51. The van der Waals surface area contributed by atoms with Crippen molar-refractivity contribution in [1.29, 1.82) is 0 Å². The number of carbonyl (C=O) groups is 1. The number of nitrogens with zero attached hydrogens (tertiary/aromatic N) is 6. The summed E-state index contributed by atoms with van der Waals surface area (Å²) in [5, 5.41) is 12.1. The fraction of sp³-hybridized carbons (Fsp3) is 0.371. The molecule has 10 nitrogen and oxygen atoms in total. The van der Waals surface area contributed by atoms with E-state index in [4.69, 9.17) is 4.74 Å². The topological polar surface area (TPSA) is 106 Å². The van der Waals surface area contributed by atoms with Gasteiger partial charge in [0.05, 0.1) is 24.6 Å². The van der Waals surface area contributed by atoms with Gasteiger partial charge in [-0.1, -0.05) is 30.3 Å². The van der Waals surface area contributed by atoms with E-state index in [2.05, 4.69) is 42.9 Å². The largest absolute Gasteiger partial charge is 0.497 e. The third-order valence-corrected chi connectivity index (χ3v) is 11.1. The minimum atomic E-state index is -1.11. The first kappa shape index (κ1) is 31.7. The van der Waals surface area contributed by atoms with Crippen LogP contribution in [0.2, 0.25) is 0 Å². The highest BCUT2D eigenvalue weighted by molar-refractivity contribution is 9.11. The maximum Gasteiger partial charge on any atom is 0.262 e. The van der Waals surface area contributed by atoms with Crippen LogP contribution in [0.15, 0.2) is 88.1 Å². The lowest BCUT2D eigenvalue weighted by molar-refractivity contribution is -0.142. The van der Waals surface area contributed by atoms with Gasteiger partial charge in [-0.05, 0) is 77.6 Å². The Bertz CT molecular complexity index is 1920. The predicted molar refractivity (Wildman–Crippen MR) is 185 cm³/mol. The van der Waals surface area contributed by atoms with Crippen molar-refractivity contribution in [2.75, 3.05) is 33.3 Å². The van der Waals surface area contributed by atoms with Gasteiger partial charge in [0.25, 0.3) is 5.56 Å². The van der Waals surface area contributed by atoms with Crippen LogP contribution in [0.1, 0.15) is 35.6 Å². The first-order valence-electron chi connectivity index (χ1n) is 15.9. The van der Waals surface area contributed by atoms with Crippen molar-refractivity contribution < 1.29 is 14.6 Å². The Labute approximate surface area is 285 Å². The van der Waals surface area contributed by atoms with Crippen LogP contribution in [0.25, 0.3) is 16.7 Å². The number of aliphatic hydroxyl groups is 1. The minimum Gasteiger partial charge on any atom is -0.497 e. The number of methoxy groups -OCH3 is 1. The van der Waals surface area contributed by atoms with Crippen molar-refractivity contribution in [3.63, 3.8) is 0 Å². The van der Waals surface area contributed by atoms with Crippen molar-refractivity contribution >= 4 is 44.2 Å². The number of halogens is 1. The van der Waals surface area contributed by atoms with Crippen molar-refractivity contribution in [2.24, 2.45) is 5.92 Å². The molecular weight excluding hydrogens is 680 g/mol. The van der Waals surface area contributed by atoms with Gasteiger partial charge in [0.1, 0.15) is 12.1 Å². The van der Waals surface area contributed by atoms with Gasteiger partial charge in [-0.2, -0.15) is 0 Å². The molecule has 0 unspecified atom stereocenters. The Morgan fingerprint density at radius 3 is 2.53 bits per heavy atom. The van der Waals surface area contributed by atoms with Crippen LogP contribution in [-0.4, -0.2) is 78.8 Å². The second kappa shape index (κ2) is 13.3. The summed E-state index contributed by atoms with van der Waals surface area (Å²) in [4.78, 5) is 42.0. The number of aromatic nitrogens is 4. The standard InChI is InChI=1S/C35H37BrN6O4S/c1-46-26-9-7-25(8-10-26)42-16-12-29-31(42)38-23-41(33(29)44)22-35(45)13-17-40(18-14-35)32(43)28-11-15-39(20-27-19-37-34(36)47-27)21-30(28)24-5-3-2-4-6-24/h2-10,12,16,19,23,28,30,45H,11,13-15,17-18,20-22H2,1H3/t28-,30+/m1/s1. The summed E-state index contributed by atoms with van der Waals surface area (Å²) in [6, 6.07) is 19.7. The second-order valence-corrected chi connectivity index (χ2v) is 15.0. The molecule has 7 rings (SSSR count). The fourth-order valence-corrected chi connectivity index (χ4v) is 8.45. The molecule has 244 valence electrons. The first-order valence-corrected chi connectivity index (χ1v) is 17.5. The monoisotopic (exact) mass is 716 g/mol. The van der Waals surface area contributed by atoms with Gasteiger partial charge in [-0.25, -0.2) is 9.97 Å². The molecule has 2 saturated heterocycles. The molecule has 5 aromatic rings. The molecule has 12 heteroatoms. The molecule has 2 aliphatic heterocycles. The normalized spacial score (nSPS) is 20.0. The fourth-order valence-electron chi connectivity index (χ4n) is 7.04. The zero-order valence-corrected chi connectivity index (χ0v) is 28.6. The zero-order valence-electron chi connectivity index (χ0n) is 26.2. The van der Waals surface area contributed by atoms with Crippen molar-refractivity contribution in [1.82, 2.24) is 28.9 Å². The SMILES string of the molecule is COc1ccc(-n2ccc3c(=O)n(CC4(O)CCN(C(=O)[C@@H]5CCN(Cc6cnc(Br)s6)C[C@H]5c5ccccc5)CC4)cnc32)cc1. The molecule has 2 aromatic carbocycles. The minimum absolute atomic E-state index is 0.0798. The lowest BCUT2D eigenvalue weighted by atomic mass is 9.79. The highest BCUT2D eigenvalue weighted by Crippen LogP contribution is 2.36. The van der Waals surface area contributed by atoms with Gasteiger partial charge < -0.3 is 19.3 Å². The Hall–Kier alpha value is -3.84. The van der Waals surface area contributed by atoms with Gasteiger partial charge in [-0.15, -0.1) is 11.3 Å². The van der Waals surface area contributed by atoms with E-state index in [1.54, 1.807) is 24.5 Å². The lowest BCUT2D eigenvalue weighted by Gasteiger charge is -2.43. The third-order valence-electron chi connectivity index (χ3n) is 9.64. The van der Waals surface area contributed by atoms with Crippen LogP contribution in [0, 0.1) is 5.92 Å². The Kier molecular flexibility index (Phi) is 9.01. The molecule has 3 aromatic heterocycles. The molecule has 0 saturated carbocycles. The number of hydrogen-bond acceptors (Lipinski definition) is 8. The van der Waals surface area contributed by atoms with E-state index in [-0.39, 0.29) is 29.8 Å². The maximum absolute atomic E-state index is 14.1. The number of amides is 1. The van der Waals surface area contributed by atoms with Crippen molar-refractivity contribution in [3.05, 3.63) is 104 Å². The van der Waals surface area contributed by atoms with E-state index in [1.165, 1.54) is 21.3 Å². The summed E-state index contributed by atoms with van der Waals surface area (Å²) >= 11 is 5.11. The number of piperidine rings is 2. The molecule has 47 heavy (non-hydrogen) atoms. The number of thiazole rings is 1. The van der Waals surface area contributed by atoms with Crippen molar-refractivity contribution in [3.8, 4) is 11.4 Å². The average molecular weight is 718 g/mol. The van der Waals surface area contributed by atoms with Crippen LogP contribution in [0.5, 0.6) is 5.75 Å². The van der Waals surface area contributed by atoms with Crippen LogP contribution < -0.4 is 10.3 Å². The van der Waals surface area contributed by atoms with Crippen LogP contribution in [0.4, 0.5) is 0 Å². The predicted octanol–water partition coefficient (Wildman–Crippen LogP) is 5.07. The van der Waals surface area contributed by atoms with E-state index in [1.807, 2.05) is 64.3 Å². The lowest BCUT2D eigenvalue weighted by Crippen LogP contribution is -2.53. The van der Waals surface area contributed by atoms with Gasteiger partial charge in [0.2, 0.25) is 5.91 Å². The van der Waals surface area contributed by atoms with Gasteiger partial charge in [-0.3, -0.25) is 19.1 Å². The quantitative estimate of drug-likeness (QED) is 0.239. The number of carbonyl (C=O) groups excluding carboxylic acids is 1. The molecule has 2 fully saturated rings. The van der Waals surface area contributed by atoms with E-state index in [0.29, 0.717) is 37.0 Å². The first-order chi connectivity index (χ1) is 22.8. The number of fused-ring (bicyclic) bond motifs is 1. The maximum atomic E-state index is 14.1. The van der Waals surface area contributed by atoms with E-state index in [9.17, 15) is 14.7 Å². The summed E-state index contributed by atoms with van der Waals surface area (Å²) in [7, 11) is 1.62. The number of rotatable bonds is 8. The number of benzene rings is 2. The molecule has 5 heterocycles. The van der Waals surface area contributed by atoms with E-state index >= 15 is 0 Å². The number of likely N-dealkylation sites (tertiary alicyclic amines) is 2. The number of hydrogen-bond donors (Lipinski definition) is 1. The van der Waals surface area contributed by atoms with Crippen molar-refractivity contribution in [2.45, 2.75) is 43.9 Å². The van der Waals surface area contributed by atoms with Gasteiger partial charge >= 0.3 is 0 Å². The molecule has 0 spiro atoms. The molecule has 2 aliphatic rings. The molecule has 0 radical (unpaired) electrons. The summed E-state index contributed by atoms with van der Waals surface area (Å²) in [5.41, 5.74) is 1.30. The van der Waals surface area contributed by atoms with E-state index < -0.39 is 5.60 Å². The molecule has 1 N–H and O–H groups in total. The van der Waals surface area contributed by atoms with Gasteiger partial charge in [0, 0.05) is 61.0 Å².